The molecule has 0 bridgehead atoms. The van der Waals surface area contributed by atoms with Gasteiger partial charge >= 0.3 is 0 Å². The molecule has 4 heteroatoms. The summed E-state index contributed by atoms with van der Waals surface area (Å²) in [5.74, 6) is 0.0250. The third-order valence-corrected chi connectivity index (χ3v) is 2.24. The van der Waals surface area contributed by atoms with Crippen LogP contribution in [0.2, 0.25) is 5.02 Å². The van der Waals surface area contributed by atoms with Gasteiger partial charge in [0.15, 0.2) is 0 Å². The van der Waals surface area contributed by atoms with Gasteiger partial charge in [0, 0.05) is 30.2 Å². The van der Waals surface area contributed by atoms with E-state index in [9.17, 15) is 4.79 Å². The minimum absolute atomic E-state index is 0.0250. The summed E-state index contributed by atoms with van der Waals surface area (Å²) < 4.78 is 0. The second kappa shape index (κ2) is 5.61. The van der Waals surface area contributed by atoms with Crippen molar-refractivity contribution in [2.75, 3.05) is 12.4 Å². The fourth-order valence-electron chi connectivity index (χ4n) is 1.29. The predicted molar refractivity (Wildman–Crippen MR) is 63.2 cm³/mol. The molecule has 0 saturated carbocycles. The molecule has 0 aliphatic heterocycles. The standard InChI is InChI=1S/C11H15ClN2O/c1-8(6-11(15)13-2)14-10-5-3-4-9(12)7-10/h3-5,7-8,14H,6H2,1-2H3,(H,13,15). The highest BCUT2D eigenvalue weighted by Gasteiger charge is 2.06. The van der Waals surface area contributed by atoms with E-state index in [0.717, 1.165) is 5.69 Å². The Morgan fingerprint density at radius 3 is 2.87 bits per heavy atom. The molecule has 1 rings (SSSR count). The predicted octanol–water partition coefficient (Wildman–Crippen LogP) is 2.28. The fraction of sp³-hybridized carbons (Fsp3) is 0.364. The summed E-state index contributed by atoms with van der Waals surface area (Å²) in [4.78, 5) is 11.1. The average Bonchev–Trinajstić information content (AvgIpc) is 2.17. The largest absolute Gasteiger partial charge is 0.382 e. The number of nitrogens with one attached hydrogen (secondary N) is 2. The van der Waals surface area contributed by atoms with Crippen LogP contribution >= 0.6 is 11.6 Å². The molecular weight excluding hydrogens is 212 g/mol. The van der Waals surface area contributed by atoms with Crippen molar-refractivity contribution in [3.05, 3.63) is 29.3 Å². The van der Waals surface area contributed by atoms with Gasteiger partial charge in [0.2, 0.25) is 5.91 Å². The summed E-state index contributed by atoms with van der Waals surface area (Å²) in [6.45, 7) is 1.95. The smallest absolute Gasteiger partial charge is 0.221 e. The second-order valence-corrected chi connectivity index (χ2v) is 3.87. The van der Waals surface area contributed by atoms with E-state index >= 15 is 0 Å². The van der Waals surface area contributed by atoms with E-state index in [1.807, 2.05) is 31.2 Å². The highest BCUT2D eigenvalue weighted by Crippen LogP contribution is 2.16. The van der Waals surface area contributed by atoms with Crippen molar-refractivity contribution in [1.29, 1.82) is 0 Å². The number of hydrogen-bond donors (Lipinski definition) is 2. The molecule has 0 heterocycles. The molecule has 1 unspecified atom stereocenters. The lowest BCUT2D eigenvalue weighted by atomic mass is 10.2. The van der Waals surface area contributed by atoms with Gasteiger partial charge in [0.05, 0.1) is 0 Å². The molecule has 2 N–H and O–H groups in total. The molecule has 0 saturated heterocycles. The van der Waals surface area contributed by atoms with Crippen LogP contribution in [0.15, 0.2) is 24.3 Å². The van der Waals surface area contributed by atoms with Gasteiger partial charge in [-0.3, -0.25) is 4.79 Å². The maximum Gasteiger partial charge on any atom is 0.221 e. The Bertz CT molecular complexity index is 341. The lowest BCUT2D eigenvalue weighted by Gasteiger charge is -2.14. The first-order valence-corrected chi connectivity index (χ1v) is 5.22. The van der Waals surface area contributed by atoms with Crippen molar-refractivity contribution >= 4 is 23.2 Å². The number of carbonyl (C=O) groups excluding carboxylic acids is 1. The van der Waals surface area contributed by atoms with Gasteiger partial charge in [-0.05, 0) is 25.1 Å². The Balaban J connectivity index is 2.51. The van der Waals surface area contributed by atoms with Crippen molar-refractivity contribution < 1.29 is 4.79 Å². The van der Waals surface area contributed by atoms with Gasteiger partial charge in [-0.25, -0.2) is 0 Å². The number of anilines is 1. The maximum atomic E-state index is 11.1. The lowest BCUT2D eigenvalue weighted by molar-refractivity contribution is -0.120. The van der Waals surface area contributed by atoms with Gasteiger partial charge in [0.25, 0.3) is 0 Å². The first kappa shape index (κ1) is 11.9. The minimum atomic E-state index is 0.0250. The molecule has 82 valence electrons. The van der Waals surface area contributed by atoms with Crippen molar-refractivity contribution in [2.45, 2.75) is 19.4 Å². The number of halogens is 1. The van der Waals surface area contributed by atoms with E-state index < -0.39 is 0 Å². The SMILES string of the molecule is CNC(=O)CC(C)Nc1cccc(Cl)c1. The second-order valence-electron chi connectivity index (χ2n) is 3.43. The molecule has 3 nitrogen and oxygen atoms in total. The summed E-state index contributed by atoms with van der Waals surface area (Å²) in [6, 6.07) is 7.53. The van der Waals surface area contributed by atoms with E-state index in [4.69, 9.17) is 11.6 Å². The molecule has 0 spiro atoms. The Kier molecular flexibility index (Phi) is 4.43. The van der Waals surface area contributed by atoms with Crippen LogP contribution in [0, 0.1) is 0 Å². The molecule has 0 aliphatic rings. The first-order chi connectivity index (χ1) is 7.11. The Labute approximate surface area is 94.8 Å². The number of carbonyl (C=O) groups is 1. The summed E-state index contributed by atoms with van der Waals surface area (Å²) in [6.07, 6.45) is 0.447. The zero-order valence-electron chi connectivity index (χ0n) is 8.88. The zero-order chi connectivity index (χ0) is 11.3. The third-order valence-electron chi connectivity index (χ3n) is 2.01. The van der Waals surface area contributed by atoms with Crippen molar-refractivity contribution in [2.24, 2.45) is 0 Å². The highest BCUT2D eigenvalue weighted by atomic mass is 35.5. The van der Waals surface area contributed by atoms with Crippen LogP contribution in [0.3, 0.4) is 0 Å². The zero-order valence-corrected chi connectivity index (χ0v) is 9.64. The summed E-state index contributed by atoms with van der Waals surface area (Å²) in [5.41, 5.74) is 0.930. The van der Waals surface area contributed by atoms with Crippen molar-refractivity contribution in [3.8, 4) is 0 Å². The molecule has 0 radical (unpaired) electrons. The highest BCUT2D eigenvalue weighted by molar-refractivity contribution is 6.30. The van der Waals surface area contributed by atoms with Crippen LogP contribution in [0.4, 0.5) is 5.69 Å². The van der Waals surface area contributed by atoms with E-state index in [0.29, 0.717) is 11.4 Å². The maximum absolute atomic E-state index is 11.1. The van der Waals surface area contributed by atoms with Crippen LogP contribution in [0.1, 0.15) is 13.3 Å². The fourth-order valence-corrected chi connectivity index (χ4v) is 1.48. The number of benzene rings is 1. The molecule has 0 fully saturated rings. The molecular formula is C11H15ClN2O. The van der Waals surface area contributed by atoms with Crippen LogP contribution in [0.25, 0.3) is 0 Å². The quantitative estimate of drug-likeness (QED) is 0.827. The average molecular weight is 227 g/mol. The minimum Gasteiger partial charge on any atom is -0.382 e. The van der Waals surface area contributed by atoms with Gasteiger partial charge < -0.3 is 10.6 Å². The Hall–Kier alpha value is -1.22. The van der Waals surface area contributed by atoms with E-state index in [1.54, 1.807) is 7.05 Å². The molecule has 1 aromatic rings. The Morgan fingerprint density at radius 1 is 1.53 bits per heavy atom. The Morgan fingerprint density at radius 2 is 2.27 bits per heavy atom. The van der Waals surface area contributed by atoms with Gasteiger partial charge in [-0.1, -0.05) is 17.7 Å². The molecule has 0 aliphatic carbocycles. The van der Waals surface area contributed by atoms with E-state index in [1.165, 1.54) is 0 Å². The van der Waals surface area contributed by atoms with Crippen LogP contribution in [0.5, 0.6) is 0 Å². The van der Waals surface area contributed by atoms with Crippen LogP contribution in [-0.2, 0) is 4.79 Å². The van der Waals surface area contributed by atoms with E-state index in [-0.39, 0.29) is 11.9 Å². The van der Waals surface area contributed by atoms with Crippen molar-refractivity contribution in [1.82, 2.24) is 5.32 Å². The summed E-state index contributed by atoms with van der Waals surface area (Å²) in [7, 11) is 1.63. The molecule has 1 amide bonds. The number of hydrogen-bond acceptors (Lipinski definition) is 2. The lowest BCUT2D eigenvalue weighted by Crippen LogP contribution is -2.26. The van der Waals surface area contributed by atoms with Crippen molar-refractivity contribution in [3.63, 3.8) is 0 Å². The van der Waals surface area contributed by atoms with Crippen LogP contribution in [-0.4, -0.2) is 19.0 Å². The van der Waals surface area contributed by atoms with Gasteiger partial charge in [-0.2, -0.15) is 0 Å². The normalized spacial score (nSPS) is 11.9. The van der Waals surface area contributed by atoms with E-state index in [2.05, 4.69) is 10.6 Å². The molecule has 0 aromatic heterocycles. The summed E-state index contributed by atoms with van der Waals surface area (Å²) >= 11 is 5.84. The number of amides is 1. The first-order valence-electron chi connectivity index (χ1n) is 4.84. The third kappa shape index (κ3) is 4.21. The van der Waals surface area contributed by atoms with Gasteiger partial charge in [0.1, 0.15) is 0 Å². The topological polar surface area (TPSA) is 41.1 Å². The molecule has 15 heavy (non-hydrogen) atoms. The molecule has 1 atom stereocenters. The van der Waals surface area contributed by atoms with Gasteiger partial charge in [-0.15, -0.1) is 0 Å². The number of rotatable bonds is 4. The monoisotopic (exact) mass is 226 g/mol. The molecule has 1 aromatic carbocycles. The summed E-state index contributed by atoms with van der Waals surface area (Å²) in [5, 5.41) is 6.48. The van der Waals surface area contributed by atoms with Crippen LogP contribution < -0.4 is 10.6 Å².